The summed E-state index contributed by atoms with van der Waals surface area (Å²) >= 11 is 1.73. The highest BCUT2D eigenvalue weighted by Crippen LogP contribution is 2.32. The number of fused-ring (bicyclic) bond motifs is 1. The fraction of sp³-hybridized carbons (Fsp3) is 0.444. The van der Waals surface area contributed by atoms with E-state index in [4.69, 9.17) is 9.72 Å². The quantitative estimate of drug-likeness (QED) is 0.711. The Morgan fingerprint density at radius 3 is 2.88 bits per heavy atom. The normalized spacial score (nSPS) is 17.7. The number of nitrogens with zero attached hydrogens (tertiary/aromatic N) is 4. The second kappa shape index (κ2) is 6.53. The van der Waals surface area contributed by atoms with Gasteiger partial charge in [-0.2, -0.15) is 5.10 Å². The van der Waals surface area contributed by atoms with Gasteiger partial charge in [0.15, 0.2) is 10.8 Å². The van der Waals surface area contributed by atoms with E-state index < -0.39 is 0 Å². The number of ether oxygens (including phenoxy) is 1. The van der Waals surface area contributed by atoms with E-state index >= 15 is 0 Å². The van der Waals surface area contributed by atoms with Gasteiger partial charge >= 0.3 is 0 Å². The van der Waals surface area contributed by atoms with E-state index in [1.165, 1.54) is 10.3 Å². The van der Waals surface area contributed by atoms with Gasteiger partial charge in [-0.3, -0.25) is 0 Å². The predicted octanol–water partition coefficient (Wildman–Crippen LogP) is 3.52. The first-order valence-electron chi connectivity index (χ1n) is 8.41. The molecule has 0 saturated carbocycles. The van der Waals surface area contributed by atoms with Crippen molar-refractivity contribution in [2.45, 2.75) is 32.4 Å². The van der Waals surface area contributed by atoms with Crippen LogP contribution in [0.15, 0.2) is 30.3 Å². The molecule has 2 aromatic heterocycles. The Bertz CT molecular complexity index is 786. The zero-order chi connectivity index (χ0) is 16.5. The average molecular weight is 342 g/mol. The Labute approximate surface area is 145 Å². The maximum atomic E-state index is 5.86. The number of thiazole rings is 1. The molecule has 0 amide bonds. The van der Waals surface area contributed by atoms with Crippen molar-refractivity contribution in [1.82, 2.24) is 14.8 Å². The largest absolute Gasteiger partial charge is 0.376 e. The van der Waals surface area contributed by atoms with Crippen molar-refractivity contribution in [1.29, 1.82) is 0 Å². The molecule has 3 aromatic rings. The first kappa shape index (κ1) is 15.6. The lowest BCUT2D eigenvalue weighted by Crippen LogP contribution is -2.31. The van der Waals surface area contributed by atoms with Gasteiger partial charge in [-0.15, -0.1) is 0 Å². The number of benzene rings is 1. The van der Waals surface area contributed by atoms with Gasteiger partial charge in [-0.05, 0) is 25.3 Å². The summed E-state index contributed by atoms with van der Waals surface area (Å²) in [7, 11) is 1.96. The lowest BCUT2D eigenvalue weighted by Gasteiger charge is -2.25. The number of hydrogen-bond donors (Lipinski definition) is 0. The number of anilines is 1. The molecule has 0 spiro atoms. The van der Waals surface area contributed by atoms with Crippen molar-refractivity contribution in [2.24, 2.45) is 7.05 Å². The minimum Gasteiger partial charge on any atom is -0.376 e. The molecule has 24 heavy (non-hydrogen) atoms. The number of aryl methyl sites for hydroxylation is 2. The van der Waals surface area contributed by atoms with Crippen LogP contribution >= 0.6 is 11.3 Å². The number of rotatable bonds is 5. The van der Waals surface area contributed by atoms with Crippen molar-refractivity contribution in [2.75, 3.05) is 18.1 Å². The van der Waals surface area contributed by atoms with E-state index in [0.717, 1.165) is 49.0 Å². The predicted molar refractivity (Wildman–Crippen MR) is 97.6 cm³/mol. The Hall–Kier alpha value is -1.92. The third kappa shape index (κ3) is 3.03. The van der Waals surface area contributed by atoms with Gasteiger partial charge in [0.2, 0.25) is 0 Å². The smallest absolute Gasteiger partial charge is 0.188 e. The van der Waals surface area contributed by atoms with E-state index in [-0.39, 0.29) is 0 Å². The summed E-state index contributed by atoms with van der Waals surface area (Å²) in [5, 5.41) is 5.52. The molecule has 1 atom stereocenters. The summed E-state index contributed by atoms with van der Waals surface area (Å²) in [6.07, 6.45) is 2.60. The average Bonchev–Trinajstić information content (AvgIpc) is 3.28. The van der Waals surface area contributed by atoms with E-state index in [1.54, 1.807) is 11.3 Å². The molecule has 3 heterocycles. The molecule has 6 heteroatoms. The van der Waals surface area contributed by atoms with Crippen LogP contribution < -0.4 is 4.90 Å². The van der Waals surface area contributed by atoms with Crippen LogP contribution in [0.25, 0.3) is 10.3 Å². The van der Waals surface area contributed by atoms with E-state index in [2.05, 4.69) is 40.3 Å². The van der Waals surface area contributed by atoms with E-state index in [0.29, 0.717) is 6.10 Å². The molecule has 0 bridgehead atoms. The van der Waals surface area contributed by atoms with E-state index in [1.807, 2.05) is 18.7 Å². The molecule has 1 aliphatic rings. The maximum Gasteiger partial charge on any atom is 0.188 e. The van der Waals surface area contributed by atoms with Crippen LogP contribution in [0.3, 0.4) is 0 Å². The molecule has 4 rings (SSSR count). The molecule has 1 saturated heterocycles. The van der Waals surface area contributed by atoms with Gasteiger partial charge in [0, 0.05) is 26.7 Å². The van der Waals surface area contributed by atoms with Gasteiger partial charge < -0.3 is 9.64 Å². The SMILES string of the molecule is Cc1nn(C)c2nc(N(Cc3ccccc3)C[C@H]3CCCO3)sc12. The molecule has 0 N–H and O–H groups in total. The highest BCUT2D eigenvalue weighted by molar-refractivity contribution is 7.22. The Kier molecular flexibility index (Phi) is 4.24. The topological polar surface area (TPSA) is 43.2 Å². The van der Waals surface area contributed by atoms with Crippen molar-refractivity contribution in [3.63, 3.8) is 0 Å². The standard InChI is InChI=1S/C18H22N4OS/c1-13-16-17(21(2)20-13)19-18(24-16)22(12-15-9-6-10-23-15)11-14-7-4-3-5-8-14/h3-5,7-8,15H,6,9-12H2,1-2H3/t15-/m1/s1. The monoisotopic (exact) mass is 342 g/mol. The summed E-state index contributed by atoms with van der Waals surface area (Å²) in [5.41, 5.74) is 3.32. The Morgan fingerprint density at radius 2 is 2.17 bits per heavy atom. The molecule has 5 nitrogen and oxygen atoms in total. The molecule has 126 valence electrons. The van der Waals surface area contributed by atoms with Gasteiger partial charge in [0.1, 0.15) is 0 Å². The van der Waals surface area contributed by atoms with Gasteiger partial charge in [-0.1, -0.05) is 41.7 Å². The molecule has 0 aliphatic carbocycles. The van der Waals surface area contributed by atoms with Crippen molar-refractivity contribution >= 4 is 26.8 Å². The van der Waals surface area contributed by atoms with Crippen LogP contribution in [-0.2, 0) is 18.3 Å². The van der Waals surface area contributed by atoms with Gasteiger partial charge in [-0.25, -0.2) is 9.67 Å². The molecule has 0 unspecified atom stereocenters. The Morgan fingerprint density at radius 1 is 1.33 bits per heavy atom. The summed E-state index contributed by atoms with van der Waals surface area (Å²) in [6.45, 7) is 4.67. The molecule has 0 radical (unpaired) electrons. The first-order valence-corrected chi connectivity index (χ1v) is 9.23. The fourth-order valence-corrected chi connectivity index (χ4v) is 4.30. The van der Waals surface area contributed by atoms with Crippen LogP contribution in [0.4, 0.5) is 5.13 Å². The molecule has 1 aromatic carbocycles. The highest BCUT2D eigenvalue weighted by Gasteiger charge is 2.23. The van der Waals surface area contributed by atoms with Crippen LogP contribution in [0, 0.1) is 6.92 Å². The lowest BCUT2D eigenvalue weighted by atomic mass is 10.2. The van der Waals surface area contributed by atoms with Crippen molar-refractivity contribution in [3.05, 3.63) is 41.6 Å². The summed E-state index contributed by atoms with van der Waals surface area (Å²) in [4.78, 5) is 7.22. The summed E-state index contributed by atoms with van der Waals surface area (Å²) < 4.78 is 8.91. The zero-order valence-corrected chi connectivity index (χ0v) is 14.9. The van der Waals surface area contributed by atoms with Crippen molar-refractivity contribution < 1.29 is 4.74 Å². The molecule has 1 aliphatic heterocycles. The van der Waals surface area contributed by atoms with Crippen molar-refractivity contribution in [3.8, 4) is 0 Å². The highest BCUT2D eigenvalue weighted by atomic mass is 32.1. The van der Waals surface area contributed by atoms with Crippen LogP contribution in [0.2, 0.25) is 0 Å². The third-order valence-corrected chi connectivity index (χ3v) is 5.68. The minimum absolute atomic E-state index is 0.306. The minimum atomic E-state index is 0.306. The fourth-order valence-electron chi connectivity index (χ4n) is 3.26. The van der Waals surface area contributed by atoms with E-state index in [9.17, 15) is 0 Å². The second-order valence-electron chi connectivity index (χ2n) is 6.36. The third-order valence-electron chi connectivity index (χ3n) is 4.47. The van der Waals surface area contributed by atoms with Crippen LogP contribution in [0.1, 0.15) is 24.1 Å². The summed E-state index contributed by atoms with van der Waals surface area (Å²) in [6, 6.07) is 10.6. The second-order valence-corrected chi connectivity index (χ2v) is 7.34. The maximum absolute atomic E-state index is 5.86. The number of aromatic nitrogens is 3. The summed E-state index contributed by atoms with van der Waals surface area (Å²) in [5.74, 6) is 0. The molecule has 1 fully saturated rings. The first-order chi connectivity index (χ1) is 11.7. The van der Waals surface area contributed by atoms with Gasteiger partial charge in [0.05, 0.1) is 16.5 Å². The lowest BCUT2D eigenvalue weighted by molar-refractivity contribution is 0.115. The zero-order valence-electron chi connectivity index (χ0n) is 14.1. The van der Waals surface area contributed by atoms with Crippen LogP contribution in [-0.4, -0.2) is 34.0 Å². The molecular formula is C18H22N4OS. The van der Waals surface area contributed by atoms with Gasteiger partial charge in [0.25, 0.3) is 0 Å². The number of hydrogen-bond acceptors (Lipinski definition) is 5. The van der Waals surface area contributed by atoms with Crippen LogP contribution in [0.5, 0.6) is 0 Å². The Balaban J connectivity index is 1.65. The molecular weight excluding hydrogens is 320 g/mol.